The fourth-order valence-corrected chi connectivity index (χ4v) is 2.61. The van der Waals surface area contributed by atoms with Crippen molar-refractivity contribution in [3.05, 3.63) is 32.6 Å². The second kappa shape index (κ2) is 5.62. The molecule has 2 atom stereocenters. The van der Waals surface area contributed by atoms with Crippen LogP contribution in [-0.2, 0) is 7.05 Å². The number of aromatic nitrogens is 2. The van der Waals surface area contributed by atoms with Gasteiger partial charge in [-0.25, -0.2) is 4.79 Å². The highest BCUT2D eigenvalue weighted by Crippen LogP contribution is 2.22. The van der Waals surface area contributed by atoms with Gasteiger partial charge in [0.1, 0.15) is 5.56 Å². The molecule has 0 radical (unpaired) electrons. The zero-order valence-electron chi connectivity index (χ0n) is 11.8. The molecular formula is C13H20N4O3. The first-order valence-electron chi connectivity index (χ1n) is 6.75. The first-order chi connectivity index (χ1) is 9.43. The quantitative estimate of drug-likeness (QED) is 0.746. The van der Waals surface area contributed by atoms with E-state index in [9.17, 15) is 14.4 Å². The Hall–Kier alpha value is -1.89. The lowest BCUT2D eigenvalue weighted by molar-refractivity contribution is 0.0570. The summed E-state index contributed by atoms with van der Waals surface area (Å²) in [7, 11) is 1.49. The molecule has 1 aliphatic heterocycles. The molecule has 0 bridgehead atoms. The zero-order valence-corrected chi connectivity index (χ0v) is 11.8. The van der Waals surface area contributed by atoms with Crippen LogP contribution in [0, 0.1) is 5.92 Å². The number of nitrogens with one attached hydrogen (secondary N) is 1. The van der Waals surface area contributed by atoms with Gasteiger partial charge in [0.2, 0.25) is 0 Å². The van der Waals surface area contributed by atoms with Crippen molar-refractivity contribution >= 4 is 5.91 Å². The molecule has 1 aliphatic rings. The van der Waals surface area contributed by atoms with Crippen LogP contribution in [0.2, 0.25) is 0 Å². The summed E-state index contributed by atoms with van der Waals surface area (Å²) in [5.74, 6) is 0.162. The van der Waals surface area contributed by atoms with E-state index < -0.39 is 11.2 Å². The largest absolute Gasteiger partial charge is 0.334 e. The van der Waals surface area contributed by atoms with Gasteiger partial charge in [0.05, 0.1) is 0 Å². The minimum atomic E-state index is -0.646. The molecule has 2 unspecified atom stereocenters. The molecule has 7 nitrogen and oxygen atoms in total. The Labute approximate surface area is 116 Å². The van der Waals surface area contributed by atoms with E-state index in [1.165, 1.54) is 17.8 Å². The Morgan fingerprint density at radius 1 is 1.50 bits per heavy atom. The standard InChI is InChI=1S/C13H20N4O3/c1-8-3-4-17(9(5-8)6-14)12(19)10-7-16(2)13(20)15-11(10)18/h7-9H,3-6,14H2,1-2H3,(H,15,18,20). The Morgan fingerprint density at radius 3 is 2.85 bits per heavy atom. The monoisotopic (exact) mass is 280 g/mol. The van der Waals surface area contributed by atoms with Crippen molar-refractivity contribution in [2.75, 3.05) is 13.1 Å². The number of piperidine rings is 1. The summed E-state index contributed by atoms with van der Waals surface area (Å²) >= 11 is 0. The summed E-state index contributed by atoms with van der Waals surface area (Å²) in [6.45, 7) is 3.09. The second-order valence-corrected chi connectivity index (χ2v) is 5.43. The highest BCUT2D eigenvalue weighted by Gasteiger charge is 2.30. The molecule has 7 heteroatoms. The summed E-state index contributed by atoms with van der Waals surface area (Å²) in [5.41, 5.74) is 4.54. The van der Waals surface area contributed by atoms with E-state index in [4.69, 9.17) is 5.73 Å². The third-order valence-electron chi connectivity index (χ3n) is 3.85. The summed E-state index contributed by atoms with van der Waals surface area (Å²) in [6.07, 6.45) is 3.02. The number of hydrogen-bond donors (Lipinski definition) is 2. The number of amides is 1. The highest BCUT2D eigenvalue weighted by atomic mass is 16.2. The number of aromatic amines is 1. The fraction of sp³-hybridized carbons (Fsp3) is 0.615. The van der Waals surface area contributed by atoms with Crippen molar-refractivity contribution in [3.63, 3.8) is 0 Å². The number of aryl methyl sites for hydroxylation is 1. The van der Waals surface area contributed by atoms with E-state index in [0.717, 1.165) is 12.8 Å². The van der Waals surface area contributed by atoms with E-state index in [1.54, 1.807) is 4.90 Å². The van der Waals surface area contributed by atoms with E-state index in [1.807, 2.05) is 0 Å². The van der Waals surface area contributed by atoms with Crippen LogP contribution in [0.1, 0.15) is 30.1 Å². The molecule has 0 saturated carbocycles. The van der Waals surface area contributed by atoms with Crippen LogP contribution in [0.25, 0.3) is 0 Å². The van der Waals surface area contributed by atoms with E-state index >= 15 is 0 Å². The molecule has 110 valence electrons. The Morgan fingerprint density at radius 2 is 2.20 bits per heavy atom. The summed E-state index contributed by atoms with van der Waals surface area (Å²) in [5, 5.41) is 0. The molecule has 0 aromatic carbocycles. The Balaban J connectivity index is 2.33. The minimum absolute atomic E-state index is 0.0138. The number of nitrogens with zero attached hydrogens (tertiary/aromatic N) is 2. The number of carbonyl (C=O) groups excluding carboxylic acids is 1. The summed E-state index contributed by atoms with van der Waals surface area (Å²) in [6, 6.07) is -0.0529. The normalized spacial score (nSPS) is 22.9. The lowest BCUT2D eigenvalue weighted by atomic mass is 9.92. The lowest BCUT2D eigenvalue weighted by Crippen LogP contribution is -2.50. The van der Waals surface area contributed by atoms with Gasteiger partial charge in [0.25, 0.3) is 11.5 Å². The van der Waals surface area contributed by atoms with Crippen molar-refractivity contribution in [2.45, 2.75) is 25.8 Å². The van der Waals surface area contributed by atoms with Gasteiger partial charge in [-0.1, -0.05) is 6.92 Å². The molecule has 1 fully saturated rings. The zero-order chi connectivity index (χ0) is 14.9. The molecule has 0 spiro atoms. The maximum Gasteiger partial charge on any atom is 0.328 e. The number of likely N-dealkylation sites (tertiary alicyclic amines) is 1. The highest BCUT2D eigenvalue weighted by molar-refractivity contribution is 5.93. The molecule has 0 aliphatic carbocycles. The predicted molar refractivity (Wildman–Crippen MR) is 74.6 cm³/mol. The topological polar surface area (TPSA) is 101 Å². The maximum absolute atomic E-state index is 12.5. The van der Waals surface area contributed by atoms with Crippen molar-refractivity contribution in [1.29, 1.82) is 0 Å². The van der Waals surface area contributed by atoms with Gasteiger partial charge in [-0.15, -0.1) is 0 Å². The van der Waals surface area contributed by atoms with Crippen LogP contribution < -0.4 is 17.0 Å². The number of rotatable bonds is 2. The molecule has 1 saturated heterocycles. The van der Waals surface area contributed by atoms with Crippen LogP contribution in [0.4, 0.5) is 0 Å². The van der Waals surface area contributed by atoms with Gasteiger partial charge in [-0.3, -0.25) is 14.6 Å². The van der Waals surface area contributed by atoms with Crippen molar-refractivity contribution in [2.24, 2.45) is 18.7 Å². The number of nitrogens with two attached hydrogens (primary N) is 1. The predicted octanol–water partition coefficient (Wildman–Crippen LogP) is -0.727. The molecule has 1 aromatic heterocycles. The first-order valence-corrected chi connectivity index (χ1v) is 6.75. The van der Waals surface area contributed by atoms with Crippen LogP contribution in [0.15, 0.2) is 15.8 Å². The van der Waals surface area contributed by atoms with Gasteiger partial charge in [-0.05, 0) is 18.8 Å². The lowest BCUT2D eigenvalue weighted by Gasteiger charge is -2.37. The fourth-order valence-electron chi connectivity index (χ4n) is 2.61. The second-order valence-electron chi connectivity index (χ2n) is 5.43. The molecule has 3 N–H and O–H groups in total. The Kier molecular flexibility index (Phi) is 4.08. The van der Waals surface area contributed by atoms with E-state index in [-0.39, 0.29) is 17.5 Å². The average molecular weight is 280 g/mol. The maximum atomic E-state index is 12.5. The van der Waals surface area contributed by atoms with Crippen molar-refractivity contribution in [1.82, 2.24) is 14.5 Å². The molecule has 2 rings (SSSR count). The molecule has 1 aromatic rings. The van der Waals surface area contributed by atoms with Gasteiger partial charge < -0.3 is 15.2 Å². The van der Waals surface area contributed by atoms with Gasteiger partial charge in [-0.2, -0.15) is 0 Å². The van der Waals surface area contributed by atoms with Crippen LogP contribution in [0.5, 0.6) is 0 Å². The third kappa shape index (κ3) is 2.67. The number of carbonyl (C=O) groups is 1. The van der Waals surface area contributed by atoms with E-state index in [0.29, 0.717) is 19.0 Å². The molecule has 20 heavy (non-hydrogen) atoms. The Bertz CT molecular complexity index is 619. The van der Waals surface area contributed by atoms with Crippen molar-refractivity contribution in [3.8, 4) is 0 Å². The van der Waals surface area contributed by atoms with Crippen LogP contribution in [0.3, 0.4) is 0 Å². The van der Waals surface area contributed by atoms with Gasteiger partial charge >= 0.3 is 5.69 Å². The SMILES string of the molecule is CC1CCN(C(=O)c2cn(C)c(=O)[nH]c2=O)C(CN)C1. The van der Waals surface area contributed by atoms with Gasteiger partial charge in [0, 0.05) is 32.4 Å². The molecular weight excluding hydrogens is 260 g/mol. The number of hydrogen-bond acceptors (Lipinski definition) is 4. The molecule has 1 amide bonds. The van der Waals surface area contributed by atoms with Crippen LogP contribution >= 0.6 is 0 Å². The van der Waals surface area contributed by atoms with Crippen LogP contribution in [-0.4, -0.2) is 39.5 Å². The summed E-state index contributed by atoms with van der Waals surface area (Å²) in [4.78, 5) is 39.4. The average Bonchev–Trinajstić information content (AvgIpc) is 2.42. The summed E-state index contributed by atoms with van der Waals surface area (Å²) < 4.78 is 1.19. The smallest absolute Gasteiger partial charge is 0.328 e. The van der Waals surface area contributed by atoms with E-state index in [2.05, 4.69) is 11.9 Å². The molecule has 2 heterocycles. The minimum Gasteiger partial charge on any atom is -0.334 e. The third-order valence-corrected chi connectivity index (χ3v) is 3.85. The van der Waals surface area contributed by atoms with Crippen molar-refractivity contribution < 1.29 is 4.79 Å². The first kappa shape index (κ1) is 14.5. The van der Waals surface area contributed by atoms with Gasteiger partial charge in [0.15, 0.2) is 0 Å². The number of H-pyrrole nitrogens is 1.